The van der Waals surface area contributed by atoms with Crippen molar-refractivity contribution < 1.29 is 26.1 Å². The zero-order valence-electron chi connectivity index (χ0n) is 4.09. The van der Waals surface area contributed by atoms with Crippen LogP contribution in [0, 0.1) is 0 Å². The SMILES string of the molecule is [Hg+][c]1ccccc1. The van der Waals surface area contributed by atoms with Crippen LogP contribution in [0.3, 0.4) is 0 Å². The molecule has 30 valence electrons. The van der Waals surface area contributed by atoms with E-state index in [4.69, 9.17) is 0 Å². The van der Waals surface area contributed by atoms with Crippen molar-refractivity contribution in [3.63, 3.8) is 0 Å². The van der Waals surface area contributed by atoms with Gasteiger partial charge in [0.2, 0.25) is 0 Å². The summed E-state index contributed by atoms with van der Waals surface area (Å²) in [6, 6.07) is 10.6. The van der Waals surface area contributed by atoms with E-state index in [0.29, 0.717) is 0 Å². The summed E-state index contributed by atoms with van der Waals surface area (Å²) in [7, 11) is 0. The van der Waals surface area contributed by atoms with Gasteiger partial charge in [-0.2, -0.15) is 0 Å². The standard InChI is InChI=1S/C6H5.Hg/c1-2-4-6-5-3-1;/h1-5H;/q;+1. The molecule has 0 saturated heterocycles. The van der Waals surface area contributed by atoms with E-state index in [9.17, 15) is 0 Å². The molecule has 0 aromatic heterocycles. The Bertz CT molecular complexity index is 134. The van der Waals surface area contributed by atoms with Crippen LogP contribution in [0.4, 0.5) is 0 Å². The Labute approximate surface area is 59.5 Å². The normalized spacial score (nSPS) is 8.86. The first-order valence-corrected chi connectivity index (χ1v) is 5.01. The van der Waals surface area contributed by atoms with E-state index < -0.39 is 0 Å². The molecule has 0 saturated carbocycles. The Morgan fingerprint density at radius 3 is 1.86 bits per heavy atom. The van der Waals surface area contributed by atoms with Gasteiger partial charge in [-0.3, -0.25) is 0 Å². The molecule has 0 N–H and O–H groups in total. The number of hydrogen-bond donors (Lipinski definition) is 0. The molecular formula is C6H5Hg+. The van der Waals surface area contributed by atoms with E-state index in [0.717, 1.165) is 26.1 Å². The van der Waals surface area contributed by atoms with E-state index in [1.54, 1.807) is 0 Å². The molecule has 0 aliphatic rings. The van der Waals surface area contributed by atoms with E-state index in [2.05, 4.69) is 30.3 Å². The molecule has 1 heteroatoms. The zero-order chi connectivity index (χ0) is 5.11. The van der Waals surface area contributed by atoms with Gasteiger partial charge >= 0.3 is 59.5 Å². The van der Waals surface area contributed by atoms with Crippen molar-refractivity contribution in [3.8, 4) is 0 Å². The third kappa shape index (κ3) is 1.60. The predicted octanol–water partition coefficient (Wildman–Crippen LogP) is 0.859. The van der Waals surface area contributed by atoms with Crippen LogP contribution in [0.25, 0.3) is 0 Å². The fraction of sp³-hybridized carbons (Fsp3) is 0. The average Bonchev–Trinajstić information content (AvgIpc) is 1.69. The van der Waals surface area contributed by atoms with Crippen molar-refractivity contribution in [2.75, 3.05) is 0 Å². The van der Waals surface area contributed by atoms with Gasteiger partial charge in [-0.05, 0) is 0 Å². The predicted molar refractivity (Wildman–Crippen MR) is 26.1 cm³/mol. The van der Waals surface area contributed by atoms with Crippen LogP contribution in [0.1, 0.15) is 0 Å². The van der Waals surface area contributed by atoms with Gasteiger partial charge < -0.3 is 0 Å². The second-order valence-electron chi connectivity index (χ2n) is 1.49. The van der Waals surface area contributed by atoms with Crippen molar-refractivity contribution in [3.05, 3.63) is 30.3 Å². The second-order valence-corrected chi connectivity index (χ2v) is 4.66. The van der Waals surface area contributed by atoms with Gasteiger partial charge in [0.25, 0.3) is 0 Å². The number of benzene rings is 1. The molecule has 0 atom stereocenters. The quantitative estimate of drug-likeness (QED) is 0.617. The summed E-state index contributed by atoms with van der Waals surface area (Å²) < 4.78 is 1.52. The van der Waals surface area contributed by atoms with Crippen LogP contribution in [0.2, 0.25) is 0 Å². The molecule has 0 spiro atoms. The third-order valence-corrected chi connectivity index (χ3v) is 2.68. The van der Waals surface area contributed by atoms with Gasteiger partial charge in [0.05, 0.1) is 0 Å². The van der Waals surface area contributed by atoms with Gasteiger partial charge in [-0.15, -0.1) is 0 Å². The van der Waals surface area contributed by atoms with Crippen LogP contribution >= 0.6 is 0 Å². The molecule has 0 bridgehead atoms. The Kier molecular flexibility index (Phi) is 1.86. The first-order chi connectivity index (χ1) is 3.39. The first-order valence-electron chi connectivity index (χ1n) is 2.26. The van der Waals surface area contributed by atoms with Gasteiger partial charge in [0, 0.05) is 0 Å². The average molecular weight is 278 g/mol. The molecule has 0 heterocycles. The summed E-state index contributed by atoms with van der Waals surface area (Å²) in [5.74, 6) is 0. The second kappa shape index (κ2) is 2.46. The first kappa shape index (κ1) is 5.29. The summed E-state index contributed by atoms with van der Waals surface area (Å²) in [6.07, 6.45) is 0. The van der Waals surface area contributed by atoms with Gasteiger partial charge in [-0.1, -0.05) is 0 Å². The Hall–Kier alpha value is 0.155. The van der Waals surface area contributed by atoms with E-state index >= 15 is 0 Å². The molecule has 0 amide bonds. The van der Waals surface area contributed by atoms with Crippen molar-refractivity contribution >= 4 is 3.07 Å². The Balaban J connectivity index is 3.02. The molecule has 7 heavy (non-hydrogen) atoms. The van der Waals surface area contributed by atoms with Crippen LogP contribution in [0.5, 0.6) is 0 Å². The van der Waals surface area contributed by atoms with E-state index in [1.807, 2.05) is 0 Å². The molecule has 1 rings (SSSR count). The van der Waals surface area contributed by atoms with Crippen molar-refractivity contribution in [1.29, 1.82) is 0 Å². The van der Waals surface area contributed by atoms with Crippen molar-refractivity contribution in [2.24, 2.45) is 0 Å². The zero-order valence-corrected chi connectivity index (χ0v) is 9.59. The Morgan fingerprint density at radius 1 is 1.00 bits per heavy atom. The monoisotopic (exact) mass is 279 g/mol. The van der Waals surface area contributed by atoms with Crippen molar-refractivity contribution in [1.82, 2.24) is 0 Å². The maximum atomic E-state index is 2.17. The topological polar surface area (TPSA) is 0 Å². The van der Waals surface area contributed by atoms with Gasteiger partial charge in [0.15, 0.2) is 0 Å². The molecular weight excluding hydrogens is 273 g/mol. The summed E-state index contributed by atoms with van der Waals surface area (Å²) in [4.78, 5) is 0. The molecule has 0 fully saturated rings. The minimum absolute atomic E-state index is 0.810. The minimum atomic E-state index is 0.810. The van der Waals surface area contributed by atoms with Crippen LogP contribution < -0.4 is 3.07 Å². The van der Waals surface area contributed by atoms with Crippen LogP contribution in [-0.2, 0) is 26.1 Å². The van der Waals surface area contributed by atoms with Crippen LogP contribution in [-0.4, -0.2) is 0 Å². The summed E-state index contributed by atoms with van der Waals surface area (Å²) in [5.41, 5.74) is 0. The van der Waals surface area contributed by atoms with Crippen LogP contribution in [0.15, 0.2) is 30.3 Å². The molecule has 0 aliphatic carbocycles. The van der Waals surface area contributed by atoms with Crippen molar-refractivity contribution in [2.45, 2.75) is 0 Å². The molecule has 0 aliphatic heterocycles. The van der Waals surface area contributed by atoms with Gasteiger partial charge in [0.1, 0.15) is 0 Å². The summed E-state index contributed by atoms with van der Waals surface area (Å²) in [5, 5.41) is 0. The fourth-order valence-corrected chi connectivity index (χ4v) is 1.54. The summed E-state index contributed by atoms with van der Waals surface area (Å²) >= 11 is 0.810. The molecule has 0 unspecified atom stereocenters. The molecule has 1 aromatic carbocycles. The molecule has 0 nitrogen and oxygen atoms in total. The number of rotatable bonds is 0. The maximum absolute atomic E-state index is 2.17. The van der Waals surface area contributed by atoms with E-state index in [-0.39, 0.29) is 0 Å². The third-order valence-electron chi connectivity index (χ3n) is 0.843. The van der Waals surface area contributed by atoms with Gasteiger partial charge in [-0.25, -0.2) is 0 Å². The number of hydrogen-bond acceptors (Lipinski definition) is 0. The molecule has 1 aromatic rings. The fourth-order valence-electron chi connectivity index (χ4n) is 0.478. The Morgan fingerprint density at radius 2 is 1.57 bits per heavy atom. The van der Waals surface area contributed by atoms with E-state index in [1.165, 1.54) is 3.07 Å². The summed E-state index contributed by atoms with van der Waals surface area (Å²) in [6.45, 7) is 0. The molecule has 0 radical (unpaired) electrons.